The van der Waals surface area contributed by atoms with Gasteiger partial charge < -0.3 is 14.0 Å². The van der Waals surface area contributed by atoms with Crippen LogP contribution in [0.25, 0.3) is 0 Å². The van der Waals surface area contributed by atoms with Crippen LogP contribution in [0.2, 0.25) is 0 Å². The van der Waals surface area contributed by atoms with E-state index in [1.807, 2.05) is 52.8 Å². The van der Waals surface area contributed by atoms with Crippen molar-refractivity contribution in [2.45, 2.75) is 60.1 Å². The number of ether oxygens (including phenoxy) is 2. The molecule has 2 heterocycles. The number of hydrogen-bond acceptors (Lipinski definition) is 4. The van der Waals surface area contributed by atoms with E-state index in [1.165, 1.54) is 0 Å². The summed E-state index contributed by atoms with van der Waals surface area (Å²) >= 11 is 0. The van der Waals surface area contributed by atoms with Crippen LogP contribution in [0.4, 0.5) is 0 Å². The number of aryl methyl sites for hydroxylation is 4. The van der Waals surface area contributed by atoms with E-state index in [0.29, 0.717) is 11.1 Å². The second-order valence-electron chi connectivity index (χ2n) is 7.80. The summed E-state index contributed by atoms with van der Waals surface area (Å²) in [5.74, 6) is -0.626. The number of rotatable bonds is 6. The van der Waals surface area contributed by atoms with Gasteiger partial charge in [-0.15, -0.1) is 0 Å². The molecule has 1 aliphatic rings. The summed E-state index contributed by atoms with van der Waals surface area (Å²) < 4.78 is 13.2. The predicted octanol–water partition coefficient (Wildman–Crippen LogP) is 4.25. The van der Waals surface area contributed by atoms with E-state index in [-0.39, 0.29) is 18.5 Å². The van der Waals surface area contributed by atoms with Gasteiger partial charge in [0.25, 0.3) is 0 Å². The van der Waals surface area contributed by atoms with Crippen LogP contribution in [0, 0.1) is 34.6 Å². The van der Waals surface area contributed by atoms with Gasteiger partial charge in [0, 0.05) is 30.1 Å². The van der Waals surface area contributed by atoms with Gasteiger partial charge in [-0.25, -0.2) is 4.79 Å². The third-order valence-corrected chi connectivity index (χ3v) is 5.50. The monoisotopic (exact) mass is 383 g/mol. The van der Waals surface area contributed by atoms with Crippen LogP contribution in [0.5, 0.6) is 0 Å². The van der Waals surface area contributed by atoms with Crippen LogP contribution < -0.4 is 0 Å². The summed E-state index contributed by atoms with van der Waals surface area (Å²) in [6.07, 6.45) is 2.34. The van der Waals surface area contributed by atoms with E-state index in [1.54, 1.807) is 0 Å². The molecule has 5 nitrogen and oxygen atoms in total. The molecule has 1 atom stereocenters. The summed E-state index contributed by atoms with van der Waals surface area (Å²) in [4.78, 5) is 25.2. The van der Waals surface area contributed by atoms with Gasteiger partial charge >= 0.3 is 5.97 Å². The lowest BCUT2D eigenvalue weighted by Gasteiger charge is -2.15. The molecule has 0 N–H and O–H groups in total. The number of ketones is 1. The van der Waals surface area contributed by atoms with Crippen LogP contribution in [-0.4, -0.2) is 35.6 Å². The molecule has 0 saturated carbocycles. The van der Waals surface area contributed by atoms with Gasteiger partial charge in [0.1, 0.15) is 0 Å². The Balaban J connectivity index is 1.69. The molecule has 3 rings (SSSR count). The fourth-order valence-electron chi connectivity index (χ4n) is 4.14. The molecule has 0 amide bonds. The van der Waals surface area contributed by atoms with Gasteiger partial charge in [-0.05, 0) is 64.7 Å². The van der Waals surface area contributed by atoms with Gasteiger partial charge in [0.05, 0.1) is 11.7 Å². The summed E-state index contributed by atoms with van der Waals surface area (Å²) in [5.41, 5.74) is 5.91. The Morgan fingerprint density at radius 2 is 1.79 bits per heavy atom. The number of carbonyl (C=O) groups excluding carboxylic acids is 2. The zero-order valence-corrected chi connectivity index (χ0v) is 17.4. The average molecular weight is 383 g/mol. The van der Waals surface area contributed by atoms with Gasteiger partial charge in [0.15, 0.2) is 6.61 Å². The minimum absolute atomic E-state index is 0.178. The Hall–Kier alpha value is -2.40. The Bertz CT molecular complexity index is 881. The molecule has 0 aliphatic carbocycles. The highest BCUT2D eigenvalue weighted by molar-refractivity contribution is 6.01. The molecule has 0 radical (unpaired) electrons. The number of aromatic nitrogens is 1. The second kappa shape index (κ2) is 8.31. The number of nitrogens with zero attached hydrogens (tertiary/aromatic N) is 1. The van der Waals surface area contributed by atoms with Gasteiger partial charge in [-0.1, -0.05) is 17.7 Å². The number of carbonyl (C=O) groups is 2. The fourth-order valence-corrected chi connectivity index (χ4v) is 4.14. The molecule has 1 fully saturated rings. The van der Waals surface area contributed by atoms with Crippen LogP contribution in [0.1, 0.15) is 61.6 Å². The number of Topliss-reactive ketones (excluding diaryl/α,β-unsaturated/α-hetero) is 1. The van der Waals surface area contributed by atoms with E-state index < -0.39 is 5.97 Å². The maximum Gasteiger partial charge on any atom is 0.339 e. The standard InChI is InChI=1S/C23H29NO4/c1-14-9-15(2)22(16(3)10-14)23(26)28-13-21(25)20-11-17(4)24(18(20)5)12-19-7-6-8-27-19/h9-11,19H,6-8,12-13H2,1-5H3. The van der Waals surface area contributed by atoms with Crippen LogP contribution in [0.15, 0.2) is 18.2 Å². The highest BCUT2D eigenvalue weighted by Crippen LogP contribution is 2.21. The van der Waals surface area contributed by atoms with E-state index in [9.17, 15) is 9.59 Å². The summed E-state index contributed by atoms with van der Waals surface area (Å²) in [6.45, 7) is 11.0. The molecule has 1 aromatic heterocycles. The molecule has 1 unspecified atom stereocenters. The van der Waals surface area contributed by atoms with Crippen LogP contribution in [-0.2, 0) is 16.0 Å². The Kier molecular flexibility index (Phi) is 6.04. The predicted molar refractivity (Wildman–Crippen MR) is 108 cm³/mol. The zero-order chi connectivity index (χ0) is 20.4. The molecular weight excluding hydrogens is 354 g/mol. The number of hydrogen-bond donors (Lipinski definition) is 0. The number of benzene rings is 1. The van der Waals surface area contributed by atoms with Crippen molar-refractivity contribution >= 4 is 11.8 Å². The maximum absolute atomic E-state index is 12.7. The second-order valence-corrected chi connectivity index (χ2v) is 7.80. The fraction of sp³-hybridized carbons (Fsp3) is 0.478. The first kappa shape index (κ1) is 20.3. The minimum atomic E-state index is -0.448. The third kappa shape index (κ3) is 4.20. The molecule has 1 saturated heterocycles. The topological polar surface area (TPSA) is 57.5 Å². The van der Waals surface area contributed by atoms with E-state index >= 15 is 0 Å². The smallest absolute Gasteiger partial charge is 0.339 e. The summed E-state index contributed by atoms with van der Waals surface area (Å²) in [5, 5.41) is 0. The van der Waals surface area contributed by atoms with Crippen LogP contribution in [0.3, 0.4) is 0 Å². The van der Waals surface area contributed by atoms with Crippen molar-refractivity contribution in [2.75, 3.05) is 13.2 Å². The van der Waals surface area contributed by atoms with Gasteiger partial charge in [0.2, 0.25) is 5.78 Å². The number of esters is 1. The zero-order valence-electron chi connectivity index (χ0n) is 17.4. The molecule has 1 aliphatic heterocycles. The van der Waals surface area contributed by atoms with E-state index in [4.69, 9.17) is 9.47 Å². The minimum Gasteiger partial charge on any atom is -0.454 e. The first-order valence-corrected chi connectivity index (χ1v) is 9.84. The summed E-state index contributed by atoms with van der Waals surface area (Å²) in [6, 6.07) is 5.77. The van der Waals surface area contributed by atoms with E-state index in [2.05, 4.69) is 4.57 Å². The molecule has 0 bridgehead atoms. The van der Waals surface area contributed by atoms with Crippen molar-refractivity contribution in [2.24, 2.45) is 0 Å². The third-order valence-electron chi connectivity index (χ3n) is 5.50. The largest absolute Gasteiger partial charge is 0.454 e. The van der Waals surface area contributed by atoms with Gasteiger partial charge in [-0.2, -0.15) is 0 Å². The van der Waals surface area contributed by atoms with Gasteiger partial charge in [-0.3, -0.25) is 4.79 Å². The average Bonchev–Trinajstić information content (AvgIpc) is 3.22. The molecule has 28 heavy (non-hydrogen) atoms. The van der Waals surface area contributed by atoms with Crippen LogP contribution >= 0.6 is 0 Å². The lowest BCUT2D eigenvalue weighted by atomic mass is 10.00. The molecule has 0 spiro atoms. The lowest BCUT2D eigenvalue weighted by molar-refractivity contribution is 0.0473. The normalized spacial score (nSPS) is 16.4. The van der Waals surface area contributed by atoms with Crippen molar-refractivity contribution in [3.8, 4) is 0 Å². The first-order chi connectivity index (χ1) is 13.3. The Labute approximate surface area is 166 Å². The molecular formula is C23H29NO4. The Morgan fingerprint density at radius 3 is 2.39 bits per heavy atom. The SMILES string of the molecule is Cc1cc(C)c(C(=O)OCC(=O)c2cc(C)n(CC3CCCO3)c2C)c(C)c1. The summed E-state index contributed by atoms with van der Waals surface area (Å²) in [7, 11) is 0. The quantitative estimate of drug-likeness (QED) is 0.553. The lowest BCUT2D eigenvalue weighted by Crippen LogP contribution is -2.18. The van der Waals surface area contributed by atoms with Crippen molar-refractivity contribution in [1.82, 2.24) is 4.57 Å². The highest BCUT2D eigenvalue weighted by atomic mass is 16.5. The highest BCUT2D eigenvalue weighted by Gasteiger charge is 2.22. The van der Waals surface area contributed by atoms with Crippen molar-refractivity contribution in [3.05, 3.63) is 57.4 Å². The first-order valence-electron chi connectivity index (χ1n) is 9.84. The molecule has 150 valence electrons. The van der Waals surface area contributed by atoms with Crippen molar-refractivity contribution in [1.29, 1.82) is 0 Å². The van der Waals surface area contributed by atoms with Crippen molar-refractivity contribution in [3.63, 3.8) is 0 Å². The van der Waals surface area contributed by atoms with Crippen molar-refractivity contribution < 1.29 is 19.1 Å². The van der Waals surface area contributed by atoms with E-state index in [0.717, 1.165) is 54.1 Å². The molecule has 2 aromatic rings. The Morgan fingerprint density at radius 1 is 1.11 bits per heavy atom. The molecule has 5 heteroatoms. The molecule has 1 aromatic carbocycles. The maximum atomic E-state index is 12.7.